The number of nitrogen functional groups attached to an aromatic ring is 1. The molecule has 0 unspecified atom stereocenters. The Hall–Kier alpha value is -2.61. The lowest BCUT2D eigenvalue weighted by atomic mass is 10.2. The number of sulfonamides is 1. The van der Waals surface area contributed by atoms with E-state index in [1.54, 1.807) is 0 Å². The first-order valence-corrected chi connectivity index (χ1v) is 11.2. The number of hydrogen-bond donors (Lipinski definition) is 2. The van der Waals surface area contributed by atoms with Crippen LogP contribution in [0.1, 0.15) is 5.56 Å². The molecule has 27 heavy (non-hydrogen) atoms. The Kier molecular flexibility index (Phi) is 4.86. The fourth-order valence-electron chi connectivity index (χ4n) is 3.00. The summed E-state index contributed by atoms with van der Waals surface area (Å²) in [7, 11) is -7.84. The minimum atomic E-state index is -4.25. The zero-order valence-electron chi connectivity index (χ0n) is 14.1. The number of nitriles is 1. The predicted octanol–water partition coefficient (Wildman–Crippen LogP) is 0.494. The number of nitrogens with zero attached hydrogens (tertiary/aromatic N) is 2. The molecule has 2 aromatic carbocycles. The van der Waals surface area contributed by atoms with E-state index < -0.39 is 43.5 Å². The lowest BCUT2D eigenvalue weighted by Gasteiger charge is -2.31. The highest BCUT2D eigenvalue weighted by atomic mass is 32.2. The van der Waals surface area contributed by atoms with Crippen molar-refractivity contribution >= 4 is 31.2 Å². The molecule has 10 heteroatoms. The number of aliphatic hydroxyl groups excluding tert-OH is 1. The van der Waals surface area contributed by atoms with Crippen LogP contribution in [0.4, 0.5) is 11.4 Å². The molecule has 1 heterocycles. The number of benzene rings is 2. The van der Waals surface area contributed by atoms with E-state index in [0.29, 0.717) is 5.69 Å². The van der Waals surface area contributed by atoms with Crippen LogP contribution in [0.3, 0.4) is 0 Å². The first-order chi connectivity index (χ1) is 12.6. The summed E-state index contributed by atoms with van der Waals surface area (Å²) >= 11 is 0. The maximum Gasteiger partial charge on any atom is 0.264 e. The van der Waals surface area contributed by atoms with Crippen LogP contribution < -0.4 is 10.0 Å². The SMILES string of the molecule is N#Cc1cccc(S(=O)(=O)N(c2ccc(N)cc2)[C@H]2CS(=O)(=O)C[C@@H]2O)c1. The molecule has 0 radical (unpaired) electrons. The predicted molar refractivity (Wildman–Crippen MR) is 100 cm³/mol. The Balaban J connectivity index is 2.17. The summed E-state index contributed by atoms with van der Waals surface area (Å²) in [5, 5.41) is 19.3. The molecule has 3 N–H and O–H groups in total. The fraction of sp³-hybridized carbons (Fsp3) is 0.235. The van der Waals surface area contributed by atoms with Gasteiger partial charge in [0.05, 0.1) is 45.9 Å². The van der Waals surface area contributed by atoms with Gasteiger partial charge in [0, 0.05) is 5.69 Å². The number of hydrogen-bond acceptors (Lipinski definition) is 7. The van der Waals surface area contributed by atoms with Gasteiger partial charge in [-0.15, -0.1) is 0 Å². The molecular formula is C17H17N3O5S2. The monoisotopic (exact) mass is 407 g/mol. The topological polar surface area (TPSA) is 142 Å². The first kappa shape index (κ1) is 19.2. The standard InChI is InChI=1S/C17H17N3O5S2/c18-9-12-2-1-3-15(8-12)27(24,25)20(14-6-4-13(19)5-7-14)16-10-26(22,23)11-17(16)21/h1-8,16-17,21H,10-11,19H2/t16-,17-/m0/s1. The zero-order valence-corrected chi connectivity index (χ0v) is 15.7. The highest BCUT2D eigenvalue weighted by molar-refractivity contribution is 7.93. The van der Waals surface area contributed by atoms with Crippen molar-refractivity contribution in [2.24, 2.45) is 0 Å². The summed E-state index contributed by atoms with van der Waals surface area (Å²) in [6.45, 7) is 0. The molecular weight excluding hydrogens is 390 g/mol. The molecule has 8 nitrogen and oxygen atoms in total. The van der Waals surface area contributed by atoms with E-state index >= 15 is 0 Å². The van der Waals surface area contributed by atoms with Crippen molar-refractivity contribution in [2.75, 3.05) is 21.5 Å². The van der Waals surface area contributed by atoms with Crippen LogP contribution in [-0.4, -0.2) is 45.6 Å². The molecule has 0 saturated carbocycles. The van der Waals surface area contributed by atoms with E-state index in [-0.39, 0.29) is 16.1 Å². The largest absolute Gasteiger partial charge is 0.399 e. The third-order valence-corrected chi connectivity index (χ3v) is 7.81. The van der Waals surface area contributed by atoms with Crippen molar-refractivity contribution in [3.8, 4) is 6.07 Å². The van der Waals surface area contributed by atoms with Crippen molar-refractivity contribution in [3.63, 3.8) is 0 Å². The van der Waals surface area contributed by atoms with Crippen LogP contribution >= 0.6 is 0 Å². The number of rotatable bonds is 4. The van der Waals surface area contributed by atoms with Crippen molar-refractivity contribution in [2.45, 2.75) is 17.0 Å². The quantitative estimate of drug-likeness (QED) is 0.703. The molecule has 0 aromatic heterocycles. The van der Waals surface area contributed by atoms with Gasteiger partial charge >= 0.3 is 0 Å². The summed E-state index contributed by atoms with van der Waals surface area (Å²) in [5.74, 6) is -1.02. The Bertz CT molecular complexity index is 1110. The minimum Gasteiger partial charge on any atom is -0.399 e. The third-order valence-electron chi connectivity index (χ3n) is 4.26. The highest BCUT2D eigenvalue weighted by Gasteiger charge is 2.45. The van der Waals surface area contributed by atoms with Crippen LogP contribution in [0.2, 0.25) is 0 Å². The normalized spacial score (nSPS) is 21.5. The van der Waals surface area contributed by atoms with Crippen molar-refractivity contribution in [1.82, 2.24) is 0 Å². The molecule has 3 rings (SSSR count). The van der Waals surface area contributed by atoms with Gasteiger partial charge in [0.1, 0.15) is 0 Å². The lowest BCUT2D eigenvalue weighted by molar-refractivity contribution is 0.184. The zero-order chi connectivity index (χ0) is 19.8. The summed E-state index contributed by atoms with van der Waals surface area (Å²) in [6, 6.07) is 11.9. The first-order valence-electron chi connectivity index (χ1n) is 7.93. The average Bonchev–Trinajstić information content (AvgIpc) is 2.89. The maximum absolute atomic E-state index is 13.3. The van der Waals surface area contributed by atoms with Gasteiger partial charge in [0.2, 0.25) is 0 Å². The van der Waals surface area contributed by atoms with E-state index in [1.807, 2.05) is 6.07 Å². The van der Waals surface area contributed by atoms with Gasteiger partial charge in [-0.3, -0.25) is 4.31 Å². The lowest BCUT2D eigenvalue weighted by Crippen LogP contribution is -2.47. The number of anilines is 2. The average molecular weight is 407 g/mol. The number of aliphatic hydroxyl groups is 1. The van der Waals surface area contributed by atoms with Crippen LogP contribution in [0.15, 0.2) is 53.4 Å². The van der Waals surface area contributed by atoms with Crippen LogP contribution in [0, 0.1) is 11.3 Å². The Labute approximate surface area is 157 Å². The molecule has 1 aliphatic heterocycles. The molecule has 1 fully saturated rings. The van der Waals surface area contributed by atoms with Crippen molar-refractivity contribution < 1.29 is 21.9 Å². The second kappa shape index (κ2) is 6.84. The molecule has 0 bridgehead atoms. The van der Waals surface area contributed by atoms with E-state index in [1.165, 1.54) is 48.5 Å². The second-order valence-corrected chi connectivity index (χ2v) is 10.2. The number of sulfone groups is 1. The molecule has 2 atom stereocenters. The van der Waals surface area contributed by atoms with Crippen molar-refractivity contribution in [1.29, 1.82) is 5.26 Å². The molecule has 0 amide bonds. The van der Waals surface area contributed by atoms with Gasteiger partial charge in [-0.2, -0.15) is 5.26 Å². The second-order valence-electron chi connectivity index (χ2n) is 6.24. The van der Waals surface area contributed by atoms with Gasteiger partial charge in [0.15, 0.2) is 9.84 Å². The summed E-state index contributed by atoms with van der Waals surface area (Å²) in [4.78, 5) is -0.171. The van der Waals surface area contributed by atoms with Gasteiger partial charge in [-0.1, -0.05) is 6.07 Å². The van der Waals surface area contributed by atoms with Crippen LogP contribution in [0.25, 0.3) is 0 Å². The number of nitrogens with two attached hydrogens (primary N) is 1. The maximum atomic E-state index is 13.3. The Morgan fingerprint density at radius 2 is 1.81 bits per heavy atom. The van der Waals surface area contributed by atoms with Crippen LogP contribution in [-0.2, 0) is 19.9 Å². The van der Waals surface area contributed by atoms with Gasteiger partial charge in [0.25, 0.3) is 10.0 Å². The minimum absolute atomic E-state index is 0.146. The summed E-state index contributed by atoms with van der Waals surface area (Å²) < 4.78 is 51.4. The fourth-order valence-corrected chi connectivity index (χ4v) is 6.59. The van der Waals surface area contributed by atoms with Gasteiger partial charge in [-0.05, 0) is 42.5 Å². The van der Waals surface area contributed by atoms with Gasteiger partial charge < -0.3 is 10.8 Å². The highest BCUT2D eigenvalue weighted by Crippen LogP contribution is 2.31. The van der Waals surface area contributed by atoms with E-state index in [4.69, 9.17) is 11.0 Å². The smallest absolute Gasteiger partial charge is 0.264 e. The Morgan fingerprint density at radius 1 is 1.15 bits per heavy atom. The van der Waals surface area contributed by atoms with E-state index in [2.05, 4.69) is 0 Å². The van der Waals surface area contributed by atoms with Crippen LogP contribution in [0.5, 0.6) is 0 Å². The molecule has 0 aliphatic carbocycles. The summed E-state index contributed by atoms with van der Waals surface area (Å²) in [5.41, 5.74) is 6.38. The third kappa shape index (κ3) is 3.75. The van der Waals surface area contributed by atoms with Gasteiger partial charge in [-0.25, -0.2) is 16.8 Å². The molecule has 1 aliphatic rings. The van der Waals surface area contributed by atoms with Crippen molar-refractivity contribution in [3.05, 3.63) is 54.1 Å². The molecule has 1 saturated heterocycles. The molecule has 0 spiro atoms. The van der Waals surface area contributed by atoms with E-state index in [9.17, 15) is 21.9 Å². The molecule has 142 valence electrons. The Morgan fingerprint density at radius 3 is 2.37 bits per heavy atom. The summed E-state index contributed by atoms with van der Waals surface area (Å²) in [6.07, 6.45) is -1.37. The molecule has 2 aromatic rings. The van der Waals surface area contributed by atoms with E-state index in [0.717, 1.165) is 4.31 Å².